The Balaban J connectivity index is 3.09. The van der Waals surface area contributed by atoms with Crippen molar-refractivity contribution in [3.8, 4) is 17.2 Å². The minimum Gasteiger partial charge on any atom is -0.490 e. The highest BCUT2D eigenvalue weighted by Gasteiger charge is 2.16. The van der Waals surface area contributed by atoms with Gasteiger partial charge in [-0.2, -0.15) is 0 Å². The second-order valence-electron chi connectivity index (χ2n) is 5.82. The molecule has 0 unspecified atom stereocenters. The summed E-state index contributed by atoms with van der Waals surface area (Å²) in [5.41, 5.74) is 1.19. The van der Waals surface area contributed by atoms with Gasteiger partial charge in [-0.25, -0.2) is 0 Å². The summed E-state index contributed by atoms with van der Waals surface area (Å²) in [5.74, 6) is 2.19. The van der Waals surface area contributed by atoms with E-state index in [1.54, 1.807) is 0 Å². The second kappa shape index (κ2) is 8.13. The van der Waals surface area contributed by atoms with E-state index >= 15 is 0 Å². The molecule has 0 amide bonds. The van der Waals surface area contributed by atoms with E-state index in [4.69, 9.17) is 14.2 Å². The average Bonchev–Trinajstić information content (AvgIpc) is 2.40. The monoisotopic (exact) mass is 295 g/mol. The third-order valence-electron chi connectivity index (χ3n) is 2.79. The van der Waals surface area contributed by atoms with Gasteiger partial charge in [0.1, 0.15) is 0 Å². The van der Waals surface area contributed by atoms with Gasteiger partial charge in [0.2, 0.25) is 5.75 Å². The molecular formula is C17H29NO3. The van der Waals surface area contributed by atoms with Crippen LogP contribution >= 0.6 is 0 Å². The molecule has 4 nitrogen and oxygen atoms in total. The predicted octanol–water partition coefficient (Wildman–Crippen LogP) is 3.77. The van der Waals surface area contributed by atoms with Crippen molar-refractivity contribution in [2.75, 3.05) is 19.8 Å². The van der Waals surface area contributed by atoms with Crippen molar-refractivity contribution in [3.05, 3.63) is 17.7 Å². The largest absolute Gasteiger partial charge is 0.490 e. The third kappa shape index (κ3) is 5.84. The van der Waals surface area contributed by atoms with Gasteiger partial charge in [-0.05, 0) is 59.2 Å². The fourth-order valence-corrected chi connectivity index (χ4v) is 1.91. The van der Waals surface area contributed by atoms with Gasteiger partial charge in [-0.1, -0.05) is 0 Å². The molecule has 0 aliphatic carbocycles. The second-order valence-corrected chi connectivity index (χ2v) is 5.82. The normalized spacial score (nSPS) is 11.3. The first-order valence-electron chi connectivity index (χ1n) is 7.71. The molecule has 0 atom stereocenters. The molecule has 0 aliphatic rings. The van der Waals surface area contributed by atoms with Crippen LogP contribution in [0.3, 0.4) is 0 Å². The van der Waals surface area contributed by atoms with Crippen molar-refractivity contribution in [3.63, 3.8) is 0 Å². The number of ether oxygens (including phenoxy) is 3. The zero-order valence-corrected chi connectivity index (χ0v) is 14.2. The Bertz CT molecular complexity index is 411. The van der Waals surface area contributed by atoms with Crippen LogP contribution in [0.2, 0.25) is 0 Å². The predicted molar refractivity (Wildman–Crippen MR) is 86.5 cm³/mol. The van der Waals surface area contributed by atoms with Gasteiger partial charge in [0.15, 0.2) is 11.5 Å². The lowest BCUT2D eigenvalue weighted by atomic mass is 10.1. The third-order valence-corrected chi connectivity index (χ3v) is 2.79. The van der Waals surface area contributed by atoms with Crippen LogP contribution in [-0.2, 0) is 6.54 Å². The number of benzene rings is 1. The van der Waals surface area contributed by atoms with E-state index < -0.39 is 0 Å². The Labute approximate surface area is 128 Å². The summed E-state index contributed by atoms with van der Waals surface area (Å²) in [4.78, 5) is 0. The van der Waals surface area contributed by atoms with E-state index in [0.717, 1.165) is 23.6 Å². The van der Waals surface area contributed by atoms with Crippen molar-refractivity contribution < 1.29 is 14.2 Å². The summed E-state index contributed by atoms with van der Waals surface area (Å²) in [6, 6.07) is 4.05. The van der Waals surface area contributed by atoms with Crippen LogP contribution in [0.15, 0.2) is 12.1 Å². The van der Waals surface area contributed by atoms with Crippen LogP contribution in [0.5, 0.6) is 17.2 Å². The lowest BCUT2D eigenvalue weighted by Crippen LogP contribution is -2.35. The van der Waals surface area contributed by atoms with Crippen molar-refractivity contribution >= 4 is 0 Å². The molecule has 120 valence electrons. The Morgan fingerprint density at radius 3 is 1.71 bits per heavy atom. The smallest absolute Gasteiger partial charge is 0.203 e. The first kappa shape index (κ1) is 17.6. The Kier molecular flexibility index (Phi) is 6.82. The minimum atomic E-state index is 0.0656. The lowest BCUT2D eigenvalue weighted by molar-refractivity contribution is 0.260. The Hall–Kier alpha value is -1.42. The molecule has 21 heavy (non-hydrogen) atoms. The molecule has 0 heterocycles. The maximum atomic E-state index is 5.72. The van der Waals surface area contributed by atoms with Crippen molar-refractivity contribution in [1.82, 2.24) is 5.32 Å². The number of hydrogen-bond acceptors (Lipinski definition) is 4. The summed E-state index contributed by atoms with van der Waals surface area (Å²) in [5, 5.41) is 3.48. The quantitative estimate of drug-likeness (QED) is 0.792. The molecule has 1 aromatic carbocycles. The van der Waals surface area contributed by atoms with Crippen LogP contribution in [0.25, 0.3) is 0 Å². The molecule has 0 saturated carbocycles. The standard InChI is InChI=1S/C17H29NO3/c1-7-19-14-10-13(12-18-17(4,5)6)11-15(20-8-2)16(14)21-9-3/h10-11,18H,7-9,12H2,1-6H3. The molecule has 1 rings (SSSR count). The van der Waals surface area contributed by atoms with Gasteiger partial charge in [0.25, 0.3) is 0 Å². The molecular weight excluding hydrogens is 266 g/mol. The molecule has 0 aromatic heterocycles. The molecule has 1 N–H and O–H groups in total. The number of hydrogen-bond donors (Lipinski definition) is 1. The zero-order valence-electron chi connectivity index (χ0n) is 14.2. The SMILES string of the molecule is CCOc1cc(CNC(C)(C)C)cc(OCC)c1OCC. The minimum absolute atomic E-state index is 0.0656. The highest BCUT2D eigenvalue weighted by Crippen LogP contribution is 2.39. The summed E-state index contributed by atoms with van der Waals surface area (Å²) in [6.45, 7) is 14.9. The number of nitrogens with one attached hydrogen (secondary N) is 1. The van der Waals surface area contributed by atoms with Crippen LogP contribution in [0.4, 0.5) is 0 Å². The average molecular weight is 295 g/mol. The highest BCUT2D eigenvalue weighted by atomic mass is 16.5. The van der Waals surface area contributed by atoms with E-state index in [9.17, 15) is 0 Å². The Morgan fingerprint density at radius 1 is 0.857 bits per heavy atom. The summed E-state index contributed by atoms with van der Waals surface area (Å²) in [7, 11) is 0. The van der Waals surface area contributed by atoms with Gasteiger partial charge in [-0.15, -0.1) is 0 Å². The maximum absolute atomic E-state index is 5.72. The summed E-state index contributed by atoms with van der Waals surface area (Å²) in [6.07, 6.45) is 0. The molecule has 0 saturated heterocycles. The van der Waals surface area contributed by atoms with Crippen LogP contribution in [0.1, 0.15) is 47.1 Å². The zero-order chi connectivity index (χ0) is 15.9. The molecule has 0 bridgehead atoms. The van der Waals surface area contributed by atoms with Crippen LogP contribution in [-0.4, -0.2) is 25.4 Å². The molecule has 0 spiro atoms. The van der Waals surface area contributed by atoms with Gasteiger partial charge in [0, 0.05) is 12.1 Å². The first-order valence-corrected chi connectivity index (χ1v) is 7.71. The molecule has 0 radical (unpaired) electrons. The Morgan fingerprint density at radius 2 is 1.33 bits per heavy atom. The van der Waals surface area contributed by atoms with E-state index in [1.165, 1.54) is 0 Å². The van der Waals surface area contributed by atoms with Crippen LogP contribution in [0, 0.1) is 0 Å². The topological polar surface area (TPSA) is 39.7 Å². The molecule has 4 heteroatoms. The van der Waals surface area contributed by atoms with Crippen molar-refractivity contribution in [2.24, 2.45) is 0 Å². The first-order chi connectivity index (χ1) is 9.91. The van der Waals surface area contributed by atoms with E-state index in [2.05, 4.69) is 26.1 Å². The van der Waals surface area contributed by atoms with Crippen molar-refractivity contribution in [1.29, 1.82) is 0 Å². The van der Waals surface area contributed by atoms with Crippen LogP contribution < -0.4 is 19.5 Å². The summed E-state index contributed by atoms with van der Waals surface area (Å²) < 4.78 is 17.1. The fraction of sp³-hybridized carbons (Fsp3) is 0.647. The van der Waals surface area contributed by atoms with Gasteiger partial charge in [-0.3, -0.25) is 0 Å². The highest BCUT2D eigenvalue weighted by molar-refractivity contribution is 5.54. The number of rotatable bonds is 8. The fourth-order valence-electron chi connectivity index (χ4n) is 1.91. The molecule has 0 fully saturated rings. The van der Waals surface area contributed by atoms with Gasteiger partial charge in [0.05, 0.1) is 19.8 Å². The van der Waals surface area contributed by atoms with Crippen molar-refractivity contribution in [2.45, 2.75) is 53.6 Å². The van der Waals surface area contributed by atoms with E-state index in [-0.39, 0.29) is 5.54 Å². The van der Waals surface area contributed by atoms with Gasteiger partial charge < -0.3 is 19.5 Å². The van der Waals surface area contributed by atoms with E-state index in [0.29, 0.717) is 25.6 Å². The molecule has 0 aliphatic heterocycles. The lowest BCUT2D eigenvalue weighted by Gasteiger charge is -2.22. The summed E-state index contributed by atoms with van der Waals surface area (Å²) >= 11 is 0. The molecule has 1 aromatic rings. The maximum Gasteiger partial charge on any atom is 0.203 e. The van der Waals surface area contributed by atoms with Gasteiger partial charge >= 0.3 is 0 Å². The van der Waals surface area contributed by atoms with E-state index in [1.807, 2.05) is 32.9 Å².